The van der Waals surface area contributed by atoms with Crippen molar-refractivity contribution in [3.05, 3.63) is 46.2 Å². The van der Waals surface area contributed by atoms with Crippen LogP contribution in [0.5, 0.6) is 0 Å². The van der Waals surface area contributed by atoms with Crippen molar-refractivity contribution in [3.8, 4) is 11.1 Å². The molecular formula is C18H20N2O2S. The largest absolute Gasteiger partial charge is 0.354 e. The second-order valence-corrected chi connectivity index (χ2v) is 6.76. The van der Waals surface area contributed by atoms with Crippen LogP contribution in [0.4, 0.5) is 0 Å². The third-order valence-corrected chi connectivity index (χ3v) is 4.99. The summed E-state index contributed by atoms with van der Waals surface area (Å²) in [5.41, 5.74) is 3.12. The minimum atomic E-state index is -0.432. The van der Waals surface area contributed by atoms with E-state index in [0.29, 0.717) is 17.8 Å². The van der Waals surface area contributed by atoms with Gasteiger partial charge in [0.05, 0.1) is 4.88 Å². The molecule has 3 rings (SSSR count). The molecule has 0 bridgehead atoms. The molecule has 1 atom stereocenters. The number of hydrogen-bond donors (Lipinski definition) is 2. The number of benzene rings is 1. The third kappa shape index (κ3) is 3.62. The van der Waals surface area contributed by atoms with E-state index in [1.165, 1.54) is 16.9 Å². The fourth-order valence-corrected chi connectivity index (χ4v) is 3.57. The molecule has 23 heavy (non-hydrogen) atoms. The van der Waals surface area contributed by atoms with Gasteiger partial charge in [0, 0.05) is 12.1 Å². The Hall–Kier alpha value is -2.14. The van der Waals surface area contributed by atoms with Gasteiger partial charge < -0.3 is 10.6 Å². The Morgan fingerprint density at radius 2 is 2.00 bits per heavy atom. The summed E-state index contributed by atoms with van der Waals surface area (Å²) in [7, 11) is 0. The zero-order chi connectivity index (χ0) is 16.2. The fraction of sp³-hybridized carbons (Fsp3) is 0.333. The van der Waals surface area contributed by atoms with E-state index < -0.39 is 6.04 Å². The molecule has 0 spiro atoms. The molecule has 1 fully saturated rings. The van der Waals surface area contributed by atoms with Gasteiger partial charge in [0.1, 0.15) is 6.04 Å². The summed E-state index contributed by atoms with van der Waals surface area (Å²) in [5, 5.41) is 7.65. The van der Waals surface area contributed by atoms with Crippen molar-refractivity contribution in [1.82, 2.24) is 10.6 Å². The van der Waals surface area contributed by atoms with E-state index in [1.807, 2.05) is 42.6 Å². The highest BCUT2D eigenvalue weighted by molar-refractivity contribution is 7.12. The van der Waals surface area contributed by atoms with E-state index in [4.69, 9.17) is 0 Å². The lowest BCUT2D eigenvalue weighted by atomic mass is 10.0. The standard InChI is InChI=1S/C18H20N2O2S/c1-12-5-7-13(8-6-12)14-9-11-23-16(14)18(22)20-15-4-2-3-10-19-17(15)21/h5-9,11,15H,2-4,10H2,1H3,(H,19,21)(H,20,22)/t15-/m1/s1. The maximum Gasteiger partial charge on any atom is 0.262 e. The maximum atomic E-state index is 12.6. The Labute approximate surface area is 139 Å². The Morgan fingerprint density at radius 3 is 2.78 bits per heavy atom. The van der Waals surface area contributed by atoms with Gasteiger partial charge in [-0.2, -0.15) is 0 Å². The first kappa shape index (κ1) is 15.7. The number of hydrogen-bond acceptors (Lipinski definition) is 3. The molecule has 0 saturated carbocycles. The van der Waals surface area contributed by atoms with Crippen LogP contribution in [0.3, 0.4) is 0 Å². The molecule has 2 aromatic rings. The first-order valence-corrected chi connectivity index (χ1v) is 8.76. The molecule has 1 aliphatic heterocycles. The lowest BCUT2D eigenvalue weighted by Gasteiger charge is -2.15. The normalized spacial score (nSPS) is 18.1. The topological polar surface area (TPSA) is 58.2 Å². The van der Waals surface area contributed by atoms with Crippen LogP contribution in [0.1, 0.15) is 34.5 Å². The molecule has 120 valence electrons. The highest BCUT2D eigenvalue weighted by Gasteiger charge is 2.24. The van der Waals surface area contributed by atoms with Gasteiger partial charge >= 0.3 is 0 Å². The van der Waals surface area contributed by atoms with Gasteiger partial charge in [-0.1, -0.05) is 29.8 Å². The van der Waals surface area contributed by atoms with E-state index >= 15 is 0 Å². The monoisotopic (exact) mass is 328 g/mol. The zero-order valence-electron chi connectivity index (χ0n) is 13.1. The molecule has 2 heterocycles. The first-order valence-electron chi connectivity index (χ1n) is 7.88. The minimum absolute atomic E-state index is 0.0794. The zero-order valence-corrected chi connectivity index (χ0v) is 13.9. The number of nitrogens with one attached hydrogen (secondary N) is 2. The van der Waals surface area contributed by atoms with Crippen molar-refractivity contribution in [3.63, 3.8) is 0 Å². The average Bonchev–Trinajstić information content (AvgIpc) is 2.95. The number of amides is 2. The molecule has 4 nitrogen and oxygen atoms in total. The van der Waals surface area contributed by atoms with E-state index in [2.05, 4.69) is 10.6 Å². The van der Waals surface area contributed by atoms with Gasteiger partial charge in [0.15, 0.2) is 0 Å². The lowest BCUT2D eigenvalue weighted by Crippen LogP contribution is -2.45. The number of thiophene rings is 1. The van der Waals surface area contributed by atoms with E-state index in [1.54, 1.807) is 0 Å². The highest BCUT2D eigenvalue weighted by atomic mass is 32.1. The molecular weight excluding hydrogens is 308 g/mol. The second kappa shape index (κ2) is 6.96. The van der Waals surface area contributed by atoms with E-state index in [0.717, 1.165) is 24.0 Å². The quantitative estimate of drug-likeness (QED) is 0.909. The minimum Gasteiger partial charge on any atom is -0.354 e. The van der Waals surface area contributed by atoms with Crippen molar-refractivity contribution in [2.45, 2.75) is 32.2 Å². The smallest absolute Gasteiger partial charge is 0.262 e. The van der Waals surface area contributed by atoms with Gasteiger partial charge in [-0.25, -0.2) is 0 Å². The van der Waals surface area contributed by atoms with Crippen LogP contribution in [0.2, 0.25) is 0 Å². The third-order valence-electron chi connectivity index (χ3n) is 4.07. The SMILES string of the molecule is Cc1ccc(-c2ccsc2C(=O)N[C@@H]2CCCCNC2=O)cc1. The predicted molar refractivity (Wildman–Crippen MR) is 92.6 cm³/mol. The molecule has 5 heteroatoms. The molecule has 0 radical (unpaired) electrons. The Kier molecular flexibility index (Phi) is 4.76. The summed E-state index contributed by atoms with van der Waals surface area (Å²) < 4.78 is 0. The second-order valence-electron chi connectivity index (χ2n) is 5.84. The number of carbonyl (C=O) groups is 2. The molecule has 0 aliphatic carbocycles. The molecule has 1 aliphatic rings. The molecule has 2 N–H and O–H groups in total. The summed E-state index contributed by atoms with van der Waals surface area (Å²) >= 11 is 1.41. The Balaban J connectivity index is 1.79. The van der Waals surface area contributed by atoms with Crippen LogP contribution in [0.15, 0.2) is 35.7 Å². The maximum absolute atomic E-state index is 12.6. The summed E-state index contributed by atoms with van der Waals surface area (Å²) in [6.45, 7) is 2.73. The van der Waals surface area contributed by atoms with Gasteiger partial charge in [0.25, 0.3) is 5.91 Å². The molecule has 1 aromatic heterocycles. The van der Waals surface area contributed by atoms with Crippen LogP contribution in [-0.4, -0.2) is 24.4 Å². The number of aryl methyl sites for hydroxylation is 1. The van der Waals surface area contributed by atoms with Crippen molar-refractivity contribution < 1.29 is 9.59 Å². The van der Waals surface area contributed by atoms with Crippen molar-refractivity contribution >= 4 is 23.2 Å². The van der Waals surface area contributed by atoms with Crippen LogP contribution < -0.4 is 10.6 Å². The molecule has 1 saturated heterocycles. The van der Waals surface area contributed by atoms with Gasteiger partial charge in [0.2, 0.25) is 5.91 Å². The van der Waals surface area contributed by atoms with Crippen LogP contribution >= 0.6 is 11.3 Å². The highest BCUT2D eigenvalue weighted by Crippen LogP contribution is 2.28. The summed E-state index contributed by atoms with van der Waals surface area (Å²) in [5.74, 6) is -0.248. The van der Waals surface area contributed by atoms with Crippen LogP contribution in [0.25, 0.3) is 11.1 Å². The van der Waals surface area contributed by atoms with Crippen molar-refractivity contribution in [1.29, 1.82) is 0 Å². The Bertz CT molecular complexity index is 706. The molecule has 2 amide bonds. The van der Waals surface area contributed by atoms with E-state index in [-0.39, 0.29) is 11.8 Å². The van der Waals surface area contributed by atoms with Gasteiger partial charge in [-0.05, 0) is 43.2 Å². The van der Waals surface area contributed by atoms with Crippen LogP contribution in [0, 0.1) is 6.92 Å². The molecule has 0 unspecified atom stereocenters. The number of carbonyl (C=O) groups excluding carboxylic acids is 2. The van der Waals surface area contributed by atoms with Gasteiger partial charge in [-0.3, -0.25) is 9.59 Å². The summed E-state index contributed by atoms with van der Waals surface area (Å²) in [6, 6.07) is 9.63. The van der Waals surface area contributed by atoms with Gasteiger partial charge in [-0.15, -0.1) is 11.3 Å². The summed E-state index contributed by atoms with van der Waals surface area (Å²) in [6.07, 6.45) is 2.60. The number of rotatable bonds is 3. The first-order chi connectivity index (χ1) is 11.1. The van der Waals surface area contributed by atoms with E-state index in [9.17, 15) is 9.59 Å². The summed E-state index contributed by atoms with van der Waals surface area (Å²) in [4.78, 5) is 25.3. The van der Waals surface area contributed by atoms with Crippen molar-refractivity contribution in [2.24, 2.45) is 0 Å². The Morgan fingerprint density at radius 1 is 1.22 bits per heavy atom. The molecule has 1 aromatic carbocycles. The van der Waals surface area contributed by atoms with Crippen LogP contribution in [-0.2, 0) is 4.79 Å². The van der Waals surface area contributed by atoms with Crippen molar-refractivity contribution in [2.75, 3.05) is 6.54 Å². The average molecular weight is 328 g/mol. The lowest BCUT2D eigenvalue weighted by molar-refractivity contribution is -0.122. The fourth-order valence-electron chi connectivity index (χ4n) is 2.75. The predicted octanol–water partition coefficient (Wildman–Crippen LogP) is 3.12.